The van der Waals surface area contributed by atoms with Crippen LogP contribution in [-0.4, -0.2) is 30.5 Å². The minimum Gasteiger partial charge on any atom is -0.322 e. The first-order chi connectivity index (χ1) is 14.4. The molecule has 1 amide bonds. The van der Waals surface area contributed by atoms with Gasteiger partial charge in [0.1, 0.15) is 0 Å². The summed E-state index contributed by atoms with van der Waals surface area (Å²) in [6, 6.07) is 7.58. The van der Waals surface area contributed by atoms with Gasteiger partial charge in [0.25, 0.3) is 5.56 Å². The summed E-state index contributed by atoms with van der Waals surface area (Å²) in [5.74, 6) is -0.125. The molecule has 1 aliphatic carbocycles. The molecule has 0 radical (unpaired) electrons. The van der Waals surface area contributed by atoms with Gasteiger partial charge in [-0.05, 0) is 45.7 Å². The van der Waals surface area contributed by atoms with E-state index in [2.05, 4.69) is 10.4 Å². The summed E-state index contributed by atoms with van der Waals surface area (Å²) in [5.41, 5.74) is 3.10. The molecule has 30 heavy (non-hydrogen) atoms. The Morgan fingerprint density at radius 1 is 1.23 bits per heavy atom. The van der Waals surface area contributed by atoms with Gasteiger partial charge in [-0.15, -0.1) is 0 Å². The first kappa shape index (κ1) is 20.7. The van der Waals surface area contributed by atoms with Crippen molar-refractivity contribution in [1.29, 1.82) is 0 Å². The quantitative estimate of drug-likeness (QED) is 0.494. The monoisotopic (exact) mass is 425 g/mol. The molecular weight excluding hydrogens is 398 g/mol. The van der Waals surface area contributed by atoms with Crippen LogP contribution >= 0.6 is 11.8 Å². The van der Waals surface area contributed by atoms with Crippen molar-refractivity contribution in [3.8, 4) is 0 Å². The van der Waals surface area contributed by atoms with Gasteiger partial charge in [-0.3, -0.25) is 18.8 Å². The van der Waals surface area contributed by atoms with E-state index in [-0.39, 0.29) is 17.5 Å². The minimum absolute atomic E-state index is 0.0124. The van der Waals surface area contributed by atoms with Crippen LogP contribution in [0.25, 0.3) is 10.9 Å². The molecular formula is C22H27N5O2S. The third-order valence-corrected chi connectivity index (χ3v) is 6.94. The SMILES string of the molecule is Cc1nn(C)c(C)c1NC(=O)[C@@H](C)Sc1nc2ccccc2c(=O)n1C1CCCC1. The highest BCUT2D eigenvalue weighted by Crippen LogP contribution is 2.33. The molecule has 1 N–H and O–H groups in total. The molecule has 1 saturated carbocycles. The van der Waals surface area contributed by atoms with E-state index in [9.17, 15) is 9.59 Å². The van der Waals surface area contributed by atoms with E-state index < -0.39 is 5.25 Å². The van der Waals surface area contributed by atoms with Crippen LogP contribution in [0.15, 0.2) is 34.2 Å². The molecule has 2 aromatic heterocycles. The Balaban J connectivity index is 1.66. The number of hydrogen-bond donors (Lipinski definition) is 1. The summed E-state index contributed by atoms with van der Waals surface area (Å²) in [7, 11) is 1.86. The third-order valence-electron chi connectivity index (χ3n) is 5.87. The zero-order chi connectivity index (χ0) is 21.4. The lowest BCUT2D eigenvalue weighted by atomic mass is 10.2. The molecule has 0 unspecified atom stereocenters. The van der Waals surface area contributed by atoms with Gasteiger partial charge in [-0.2, -0.15) is 5.10 Å². The van der Waals surface area contributed by atoms with Crippen LogP contribution in [0.4, 0.5) is 5.69 Å². The molecule has 0 bridgehead atoms. The van der Waals surface area contributed by atoms with E-state index in [0.29, 0.717) is 16.1 Å². The normalized spacial score (nSPS) is 15.6. The van der Waals surface area contributed by atoms with E-state index in [1.54, 1.807) is 4.68 Å². The number of nitrogens with zero attached hydrogens (tertiary/aromatic N) is 4. The Bertz CT molecular complexity index is 1160. The standard InChI is InChI=1S/C22H27N5O2S/c1-13-19(14(2)26(4)25-13)24-20(28)15(3)30-22-23-18-12-8-7-11-17(18)21(29)27(22)16-9-5-6-10-16/h7-8,11-12,15-16H,5-6,9-10H2,1-4H3,(H,24,28)/t15-/m1/s1. The van der Waals surface area contributed by atoms with E-state index >= 15 is 0 Å². The Morgan fingerprint density at radius 2 is 1.93 bits per heavy atom. The number of fused-ring (bicyclic) bond motifs is 1. The van der Waals surface area contributed by atoms with Crippen molar-refractivity contribution in [1.82, 2.24) is 19.3 Å². The fourth-order valence-corrected chi connectivity index (χ4v) is 5.06. The second-order valence-corrected chi connectivity index (χ2v) is 9.25. The molecule has 8 heteroatoms. The van der Waals surface area contributed by atoms with Crippen molar-refractivity contribution >= 4 is 34.3 Å². The Hall–Kier alpha value is -2.61. The van der Waals surface area contributed by atoms with Crippen molar-refractivity contribution in [2.75, 3.05) is 5.32 Å². The number of carbonyl (C=O) groups excluding carboxylic acids is 1. The number of aromatic nitrogens is 4. The number of carbonyl (C=O) groups is 1. The van der Waals surface area contributed by atoms with Crippen LogP contribution in [0.5, 0.6) is 0 Å². The van der Waals surface area contributed by atoms with Crippen LogP contribution in [0.3, 0.4) is 0 Å². The molecule has 1 aromatic carbocycles. The van der Waals surface area contributed by atoms with Crippen LogP contribution in [0, 0.1) is 13.8 Å². The van der Waals surface area contributed by atoms with Crippen LogP contribution < -0.4 is 10.9 Å². The van der Waals surface area contributed by atoms with Crippen LogP contribution in [-0.2, 0) is 11.8 Å². The molecule has 1 fully saturated rings. The minimum atomic E-state index is -0.412. The predicted molar refractivity (Wildman–Crippen MR) is 120 cm³/mol. The number of nitrogens with one attached hydrogen (secondary N) is 1. The average molecular weight is 426 g/mol. The summed E-state index contributed by atoms with van der Waals surface area (Å²) < 4.78 is 3.58. The Labute approximate surface area is 179 Å². The van der Waals surface area contributed by atoms with Gasteiger partial charge in [0.15, 0.2) is 5.16 Å². The Kier molecular flexibility index (Phi) is 5.69. The van der Waals surface area contributed by atoms with Gasteiger partial charge in [-0.1, -0.05) is 36.7 Å². The third kappa shape index (κ3) is 3.76. The van der Waals surface area contributed by atoms with Gasteiger partial charge in [0, 0.05) is 13.1 Å². The number of thioether (sulfide) groups is 1. The zero-order valence-corrected chi connectivity index (χ0v) is 18.6. The van der Waals surface area contributed by atoms with Crippen molar-refractivity contribution < 1.29 is 4.79 Å². The maximum atomic E-state index is 13.3. The molecule has 1 atom stereocenters. The van der Waals surface area contributed by atoms with Crippen molar-refractivity contribution in [3.63, 3.8) is 0 Å². The number of hydrogen-bond acceptors (Lipinski definition) is 5. The molecule has 4 rings (SSSR count). The van der Waals surface area contributed by atoms with Gasteiger partial charge in [0.2, 0.25) is 5.91 Å². The smallest absolute Gasteiger partial charge is 0.262 e. The number of benzene rings is 1. The zero-order valence-electron chi connectivity index (χ0n) is 17.8. The van der Waals surface area contributed by atoms with E-state index in [0.717, 1.165) is 42.8 Å². The summed E-state index contributed by atoms with van der Waals surface area (Å²) in [4.78, 5) is 31.0. The number of rotatable bonds is 5. The molecule has 2 heterocycles. The van der Waals surface area contributed by atoms with Crippen molar-refractivity contribution in [2.45, 2.75) is 62.9 Å². The number of anilines is 1. The molecule has 0 aliphatic heterocycles. The van der Waals surface area contributed by atoms with Gasteiger partial charge in [0.05, 0.1) is 33.2 Å². The second kappa shape index (κ2) is 8.26. The lowest BCUT2D eigenvalue weighted by molar-refractivity contribution is -0.115. The van der Waals surface area contributed by atoms with E-state index in [1.165, 1.54) is 11.8 Å². The lowest BCUT2D eigenvalue weighted by Gasteiger charge is -2.20. The predicted octanol–water partition coefficient (Wildman–Crippen LogP) is 3.98. The second-order valence-electron chi connectivity index (χ2n) is 7.94. The molecule has 0 saturated heterocycles. The van der Waals surface area contributed by atoms with Crippen molar-refractivity contribution in [3.05, 3.63) is 46.0 Å². The average Bonchev–Trinajstić information content (AvgIpc) is 3.32. The van der Waals surface area contributed by atoms with Crippen LogP contribution in [0.2, 0.25) is 0 Å². The highest BCUT2D eigenvalue weighted by Gasteiger charge is 2.26. The van der Waals surface area contributed by atoms with E-state index in [4.69, 9.17) is 4.98 Å². The fourth-order valence-electron chi connectivity index (χ4n) is 4.08. The molecule has 7 nitrogen and oxygen atoms in total. The summed E-state index contributed by atoms with van der Waals surface area (Å²) in [5, 5.41) is 8.20. The van der Waals surface area contributed by atoms with Crippen LogP contribution in [0.1, 0.15) is 50.0 Å². The molecule has 0 spiro atoms. The summed E-state index contributed by atoms with van der Waals surface area (Å²) >= 11 is 1.34. The number of para-hydroxylation sites is 1. The maximum absolute atomic E-state index is 13.3. The molecule has 158 valence electrons. The number of amides is 1. The molecule has 1 aliphatic rings. The number of aryl methyl sites for hydroxylation is 2. The lowest BCUT2D eigenvalue weighted by Crippen LogP contribution is -2.29. The Morgan fingerprint density at radius 3 is 2.60 bits per heavy atom. The largest absolute Gasteiger partial charge is 0.322 e. The first-order valence-electron chi connectivity index (χ1n) is 10.4. The summed E-state index contributed by atoms with van der Waals surface area (Å²) in [6.45, 7) is 5.65. The highest BCUT2D eigenvalue weighted by atomic mass is 32.2. The first-order valence-corrected chi connectivity index (χ1v) is 11.2. The van der Waals surface area contributed by atoms with Gasteiger partial charge in [-0.25, -0.2) is 4.98 Å². The topological polar surface area (TPSA) is 81.8 Å². The fraction of sp³-hybridized carbons (Fsp3) is 0.455. The molecule has 3 aromatic rings. The highest BCUT2D eigenvalue weighted by molar-refractivity contribution is 8.00. The van der Waals surface area contributed by atoms with Crippen molar-refractivity contribution in [2.24, 2.45) is 7.05 Å². The maximum Gasteiger partial charge on any atom is 0.262 e. The van der Waals surface area contributed by atoms with Gasteiger partial charge >= 0.3 is 0 Å². The van der Waals surface area contributed by atoms with E-state index in [1.807, 2.05) is 56.7 Å². The summed E-state index contributed by atoms with van der Waals surface area (Å²) in [6.07, 6.45) is 4.18. The van der Waals surface area contributed by atoms with Gasteiger partial charge < -0.3 is 5.32 Å².